The SMILES string of the molecule is c1ccc(-c2cc(-c3ccc(-c4ccc(-n5c6ccccc6c6c7c(sc65)c(-c5ccccc5)nc5ccccc57)cc4)cc3)nc(-c3ccccc3)n2)cc1. The largest absolute Gasteiger partial charge is 0.301 e. The molecular weight excluding hydrogens is 701 g/mol. The summed E-state index contributed by atoms with van der Waals surface area (Å²) in [6, 6.07) is 68.2. The summed E-state index contributed by atoms with van der Waals surface area (Å²) in [4.78, 5) is 16.4. The van der Waals surface area contributed by atoms with Crippen molar-refractivity contribution in [3.8, 4) is 62.0 Å². The monoisotopic (exact) mass is 732 g/mol. The minimum atomic E-state index is 0.715. The molecule has 0 unspecified atom stereocenters. The summed E-state index contributed by atoms with van der Waals surface area (Å²) in [5.74, 6) is 0.715. The van der Waals surface area contributed by atoms with Crippen LogP contribution in [0.2, 0.25) is 0 Å². The van der Waals surface area contributed by atoms with Crippen molar-refractivity contribution >= 4 is 53.4 Å². The normalized spacial score (nSPS) is 11.6. The molecule has 4 nitrogen and oxygen atoms in total. The quantitative estimate of drug-likeness (QED) is 0.171. The number of rotatable bonds is 6. The summed E-state index contributed by atoms with van der Waals surface area (Å²) in [6.07, 6.45) is 0. The van der Waals surface area contributed by atoms with Crippen LogP contribution >= 0.6 is 11.3 Å². The van der Waals surface area contributed by atoms with Gasteiger partial charge in [0.2, 0.25) is 0 Å². The van der Waals surface area contributed by atoms with Gasteiger partial charge in [-0.25, -0.2) is 15.0 Å². The Hall–Kier alpha value is -7.21. The van der Waals surface area contributed by atoms with Gasteiger partial charge in [0.1, 0.15) is 4.83 Å². The summed E-state index contributed by atoms with van der Waals surface area (Å²) in [6.45, 7) is 0. The van der Waals surface area contributed by atoms with Gasteiger partial charge in [0.15, 0.2) is 5.82 Å². The van der Waals surface area contributed by atoms with Crippen LogP contribution < -0.4 is 0 Å². The minimum Gasteiger partial charge on any atom is -0.301 e. The summed E-state index contributed by atoms with van der Waals surface area (Å²) in [5, 5.41) is 4.99. The van der Waals surface area contributed by atoms with Crippen LogP contribution in [-0.4, -0.2) is 19.5 Å². The zero-order valence-electron chi connectivity index (χ0n) is 30.2. The molecule has 5 heteroatoms. The number of nitrogens with zero attached hydrogens (tertiary/aromatic N) is 4. The van der Waals surface area contributed by atoms with E-state index in [9.17, 15) is 0 Å². The van der Waals surface area contributed by atoms with Crippen molar-refractivity contribution in [1.82, 2.24) is 19.5 Å². The molecule has 0 saturated heterocycles. The zero-order valence-corrected chi connectivity index (χ0v) is 31.0. The van der Waals surface area contributed by atoms with Crippen molar-refractivity contribution in [3.05, 3.63) is 194 Å². The smallest absolute Gasteiger partial charge is 0.160 e. The van der Waals surface area contributed by atoms with E-state index in [1.54, 1.807) is 0 Å². The van der Waals surface area contributed by atoms with Crippen LogP contribution in [0.25, 0.3) is 104 Å². The molecule has 0 atom stereocenters. The van der Waals surface area contributed by atoms with E-state index in [-0.39, 0.29) is 0 Å². The third-order valence-electron chi connectivity index (χ3n) is 10.6. The third-order valence-corrected chi connectivity index (χ3v) is 11.8. The first-order valence-electron chi connectivity index (χ1n) is 18.8. The Labute approximate surface area is 327 Å². The predicted molar refractivity (Wildman–Crippen MR) is 234 cm³/mol. The van der Waals surface area contributed by atoms with Gasteiger partial charge in [0.05, 0.1) is 32.8 Å². The Kier molecular flexibility index (Phi) is 7.64. The number of pyridine rings is 1. The highest BCUT2D eigenvalue weighted by molar-refractivity contribution is 7.26. The van der Waals surface area contributed by atoms with Gasteiger partial charge in [0, 0.05) is 49.5 Å². The maximum Gasteiger partial charge on any atom is 0.160 e. The first-order chi connectivity index (χ1) is 27.8. The van der Waals surface area contributed by atoms with Gasteiger partial charge in [-0.3, -0.25) is 0 Å². The fourth-order valence-electron chi connectivity index (χ4n) is 7.95. The Morgan fingerprint density at radius 3 is 1.59 bits per heavy atom. The molecule has 0 radical (unpaired) electrons. The third kappa shape index (κ3) is 5.40. The first-order valence-corrected chi connectivity index (χ1v) is 19.6. The van der Waals surface area contributed by atoms with E-state index in [0.29, 0.717) is 5.82 Å². The molecule has 11 rings (SSSR count). The second-order valence-corrected chi connectivity index (χ2v) is 15.0. The molecule has 56 heavy (non-hydrogen) atoms. The predicted octanol–water partition coefficient (Wildman–Crippen LogP) is 13.7. The fourth-order valence-corrected chi connectivity index (χ4v) is 9.32. The molecule has 0 amide bonds. The van der Waals surface area contributed by atoms with Gasteiger partial charge < -0.3 is 4.57 Å². The van der Waals surface area contributed by atoms with Gasteiger partial charge in [-0.2, -0.15) is 0 Å². The maximum absolute atomic E-state index is 5.23. The number of para-hydroxylation sites is 2. The van der Waals surface area contributed by atoms with Crippen LogP contribution in [0.4, 0.5) is 0 Å². The Morgan fingerprint density at radius 1 is 0.393 bits per heavy atom. The van der Waals surface area contributed by atoms with E-state index in [0.717, 1.165) is 61.7 Å². The molecule has 262 valence electrons. The van der Waals surface area contributed by atoms with Crippen molar-refractivity contribution in [2.24, 2.45) is 0 Å². The van der Waals surface area contributed by atoms with Crippen LogP contribution in [0.5, 0.6) is 0 Å². The molecule has 0 spiro atoms. The number of aromatic nitrogens is 4. The van der Waals surface area contributed by atoms with Crippen molar-refractivity contribution < 1.29 is 0 Å². The van der Waals surface area contributed by atoms with E-state index in [4.69, 9.17) is 15.0 Å². The standard InChI is InChI=1S/C51H32N4S/c1-4-14-35(15-5-1)43-32-44(54-50(53-43)38-18-8-3-9-19-38)36-26-24-33(25-27-36)34-28-30-39(31-29-34)55-45-23-13-11-21-41(45)47-46-40-20-10-12-22-42(40)52-48(49(46)56-51(47)55)37-16-6-2-7-17-37/h1-32H. The molecule has 0 aliphatic rings. The molecule has 4 heterocycles. The highest BCUT2D eigenvalue weighted by Crippen LogP contribution is 2.47. The van der Waals surface area contributed by atoms with E-state index in [2.05, 4.69) is 162 Å². The van der Waals surface area contributed by atoms with Gasteiger partial charge in [-0.1, -0.05) is 164 Å². The molecule has 7 aromatic carbocycles. The molecule has 0 saturated carbocycles. The van der Waals surface area contributed by atoms with Gasteiger partial charge in [-0.05, 0) is 41.5 Å². The van der Waals surface area contributed by atoms with Crippen LogP contribution in [-0.2, 0) is 0 Å². The maximum atomic E-state index is 5.23. The lowest BCUT2D eigenvalue weighted by molar-refractivity contribution is 1.18. The molecule has 4 aromatic heterocycles. The van der Waals surface area contributed by atoms with E-state index in [1.165, 1.54) is 36.6 Å². The lowest BCUT2D eigenvalue weighted by atomic mass is 10.0. The second kappa shape index (κ2) is 13.3. The van der Waals surface area contributed by atoms with Gasteiger partial charge in [0.25, 0.3) is 0 Å². The van der Waals surface area contributed by atoms with Crippen molar-refractivity contribution in [2.75, 3.05) is 0 Å². The Balaban J connectivity index is 1.000. The lowest BCUT2D eigenvalue weighted by Gasteiger charge is -2.11. The number of hydrogen-bond donors (Lipinski definition) is 0. The highest BCUT2D eigenvalue weighted by Gasteiger charge is 2.22. The van der Waals surface area contributed by atoms with Crippen molar-refractivity contribution in [1.29, 1.82) is 0 Å². The average Bonchev–Trinajstić information content (AvgIpc) is 3.82. The summed E-state index contributed by atoms with van der Waals surface area (Å²) < 4.78 is 3.64. The summed E-state index contributed by atoms with van der Waals surface area (Å²) in [7, 11) is 0. The van der Waals surface area contributed by atoms with E-state index >= 15 is 0 Å². The fraction of sp³-hybridized carbons (Fsp3) is 0. The molecule has 0 aliphatic carbocycles. The number of thiophene rings is 1. The van der Waals surface area contributed by atoms with Crippen molar-refractivity contribution in [2.45, 2.75) is 0 Å². The highest BCUT2D eigenvalue weighted by atomic mass is 32.1. The first kappa shape index (κ1) is 32.2. The Morgan fingerprint density at radius 2 is 0.911 bits per heavy atom. The van der Waals surface area contributed by atoms with Crippen molar-refractivity contribution in [3.63, 3.8) is 0 Å². The number of fused-ring (bicyclic) bond motifs is 7. The molecule has 11 aromatic rings. The van der Waals surface area contributed by atoms with Crippen LogP contribution in [0.3, 0.4) is 0 Å². The zero-order chi connectivity index (χ0) is 37.0. The minimum absolute atomic E-state index is 0.715. The molecule has 0 bridgehead atoms. The molecular formula is C51H32N4S. The Bertz CT molecular complexity index is 3150. The molecule has 0 fully saturated rings. The second-order valence-electron chi connectivity index (χ2n) is 14.0. The summed E-state index contributed by atoms with van der Waals surface area (Å²) >= 11 is 1.83. The van der Waals surface area contributed by atoms with Gasteiger partial charge in [-0.15, -0.1) is 11.3 Å². The lowest BCUT2D eigenvalue weighted by Crippen LogP contribution is -1.95. The number of benzene rings is 7. The average molecular weight is 733 g/mol. The molecule has 0 N–H and O–H groups in total. The van der Waals surface area contributed by atoms with Crippen LogP contribution in [0, 0.1) is 0 Å². The van der Waals surface area contributed by atoms with Crippen LogP contribution in [0.1, 0.15) is 0 Å². The van der Waals surface area contributed by atoms with E-state index < -0.39 is 0 Å². The van der Waals surface area contributed by atoms with E-state index in [1.807, 2.05) is 47.7 Å². The molecule has 0 aliphatic heterocycles. The number of hydrogen-bond acceptors (Lipinski definition) is 4. The van der Waals surface area contributed by atoms with Gasteiger partial charge >= 0.3 is 0 Å². The summed E-state index contributed by atoms with van der Waals surface area (Å²) in [5.41, 5.74) is 12.7. The van der Waals surface area contributed by atoms with Crippen LogP contribution in [0.15, 0.2) is 194 Å². The topological polar surface area (TPSA) is 43.6 Å².